The quantitative estimate of drug-likeness (QED) is 0.851. The Morgan fingerprint density at radius 3 is 2.83 bits per heavy atom. The van der Waals surface area contributed by atoms with Crippen LogP contribution in [-0.4, -0.2) is 43.5 Å². The van der Waals surface area contributed by atoms with Crippen molar-refractivity contribution < 1.29 is 9.18 Å². The zero-order valence-electron chi connectivity index (χ0n) is 14.8. The van der Waals surface area contributed by atoms with Gasteiger partial charge in [-0.25, -0.2) is 4.39 Å². The summed E-state index contributed by atoms with van der Waals surface area (Å²) in [6.45, 7) is 9.90. The van der Waals surface area contributed by atoms with Crippen molar-refractivity contribution in [2.45, 2.75) is 33.2 Å². The van der Waals surface area contributed by atoms with Gasteiger partial charge in [-0.15, -0.1) is 12.4 Å². The lowest BCUT2D eigenvalue weighted by molar-refractivity contribution is -0.123. The van der Waals surface area contributed by atoms with Gasteiger partial charge < -0.3 is 10.6 Å². The third-order valence-electron chi connectivity index (χ3n) is 4.13. The van der Waals surface area contributed by atoms with Crippen LogP contribution in [0.3, 0.4) is 0 Å². The lowest BCUT2D eigenvalue weighted by Gasteiger charge is -2.36. The Hall–Kier alpha value is -1.17. The summed E-state index contributed by atoms with van der Waals surface area (Å²) in [7, 11) is 0. The second-order valence-corrected chi connectivity index (χ2v) is 7.41. The average molecular weight is 358 g/mol. The minimum atomic E-state index is -0.234. The molecular formula is C18H29ClFN3O. The van der Waals surface area contributed by atoms with Crippen molar-refractivity contribution in [1.82, 2.24) is 15.5 Å². The van der Waals surface area contributed by atoms with Crippen LogP contribution >= 0.6 is 12.4 Å². The van der Waals surface area contributed by atoms with E-state index < -0.39 is 0 Å². The second kappa shape index (κ2) is 9.35. The molecule has 1 unspecified atom stereocenters. The number of nitrogens with zero attached hydrogens (tertiary/aromatic N) is 1. The molecule has 1 saturated heterocycles. The number of halogens is 2. The largest absolute Gasteiger partial charge is 0.355 e. The van der Waals surface area contributed by atoms with E-state index in [1.807, 2.05) is 6.07 Å². The molecule has 1 aromatic carbocycles. The maximum atomic E-state index is 13.5. The number of carbonyl (C=O) groups is 1. The number of piperazine rings is 1. The molecular weight excluding hydrogens is 329 g/mol. The average Bonchev–Trinajstić information content (AvgIpc) is 2.46. The zero-order chi connectivity index (χ0) is 16.9. The van der Waals surface area contributed by atoms with Crippen LogP contribution in [0.4, 0.5) is 4.39 Å². The molecule has 6 heteroatoms. The molecule has 1 aliphatic rings. The zero-order valence-corrected chi connectivity index (χ0v) is 15.6. The number of amides is 1. The van der Waals surface area contributed by atoms with Crippen LogP contribution in [0.5, 0.6) is 0 Å². The fourth-order valence-electron chi connectivity index (χ4n) is 2.80. The highest BCUT2D eigenvalue weighted by atomic mass is 35.5. The Labute approximate surface area is 150 Å². The Kier molecular flexibility index (Phi) is 8.13. The van der Waals surface area contributed by atoms with Gasteiger partial charge in [-0.1, -0.05) is 32.9 Å². The summed E-state index contributed by atoms with van der Waals surface area (Å²) in [5.41, 5.74) is 1.13. The van der Waals surface area contributed by atoms with Gasteiger partial charge >= 0.3 is 0 Å². The summed E-state index contributed by atoms with van der Waals surface area (Å²) in [6, 6.07) is 6.69. The molecule has 0 aliphatic carbocycles. The number of rotatable bonds is 5. The molecule has 0 aromatic heterocycles. The van der Waals surface area contributed by atoms with Gasteiger partial charge in [0.2, 0.25) is 5.91 Å². The first kappa shape index (κ1) is 20.9. The van der Waals surface area contributed by atoms with E-state index in [0.717, 1.165) is 31.6 Å². The topological polar surface area (TPSA) is 44.4 Å². The van der Waals surface area contributed by atoms with Gasteiger partial charge in [0.1, 0.15) is 5.82 Å². The van der Waals surface area contributed by atoms with E-state index in [1.54, 1.807) is 12.1 Å². The smallest absolute Gasteiger partial charge is 0.234 e. The summed E-state index contributed by atoms with van der Waals surface area (Å²) in [5, 5.41) is 6.32. The molecule has 1 fully saturated rings. The molecule has 0 radical (unpaired) electrons. The van der Waals surface area contributed by atoms with Crippen LogP contribution in [0, 0.1) is 11.2 Å². The molecule has 0 bridgehead atoms. The molecule has 0 spiro atoms. The fraction of sp³-hybridized carbons (Fsp3) is 0.611. The lowest BCUT2D eigenvalue weighted by atomic mass is 9.92. The lowest BCUT2D eigenvalue weighted by Crippen LogP contribution is -2.49. The van der Waals surface area contributed by atoms with E-state index in [1.165, 1.54) is 6.07 Å². The predicted octanol–water partition coefficient (Wildman–Crippen LogP) is 2.75. The third kappa shape index (κ3) is 6.75. The molecule has 4 nitrogen and oxygen atoms in total. The first-order valence-electron chi connectivity index (χ1n) is 8.32. The molecule has 0 saturated carbocycles. The van der Waals surface area contributed by atoms with E-state index in [0.29, 0.717) is 13.1 Å². The van der Waals surface area contributed by atoms with Gasteiger partial charge in [0.15, 0.2) is 0 Å². The van der Waals surface area contributed by atoms with Crippen molar-refractivity contribution >= 4 is 18.3 Å². The van der Waals surface area contributed by atoms with Gasteiger partial charge in [-0.05, 0) is 29.5 Å². The van der Waals surface area contributed by atoms with Crippen molar-refractivity contribution in [2.75, 3.05) is 32.7 Å². The highest BCUT2D eigenvalue weighted by Gasteiger charge is 2.25. The van der Waals surface area contributed by atoms with E-state index in [4.69, 9.17) is 0 Å². The number of nitrogens with one attached hydrogen (secondary N) is 2. The molecule has 24 heavy (non-hydrogen) atoms. The molecule has 1 atom stereocenters. The second-order valence-electron chi connectivity index (χ2n) is 7.41. The SMILES string of the molecule is CC(C)(C)CCNC(=O)CN1CCNCC1c1cccc(F)c1.Cl. The maximum Gasteiger partial charge on any atom is 0.234 e. The molecule has 136 valence electrons. The van der Waals surface area contributed by atoms with Crippen LogP contribution in [0.1, 0.15) is 38.8 Å². The number of benzene rings is 1. The van der Waals surface area contributed by atoms with Gasteiger partial charge in [-0.3, -0.25) is 9.69 Å². The molecule has 2 N–H and O–H groups in total. The summed E-state index contributed by atoms with van der Waals surface area (Å²) in [4.78, 5) is 14.3. The van der Waals surface area contributed by atoms with Crippen LogP contribution < -0.4 is 10.6 Å². The van der Waals surface area contributed by atoms with Gasteiger partial charge in [0.25, 0.3) is 0 Å². The van der Waals surface area contributed by atoms with E-state index >= 15 is 0 Å². The van der Waals surface area contributed by atoms with Crippen LogP contribution in [0.2, 0.25) is 0 Å². The van der Waals surface area contributed by atoms with Crippen molar-refractivity contribution in [1.29, 1.82) is 0 Å². The van der Waals surface area contributed by atoms with Gasteiger partial charge in [0, 0.05) is 32.2 Å². The summed E-state index contributed by atoms with van der Waals surface area (Å²) in [5.74, 6) is -0.194. The monoisotopic (exact) mass is 357 g/mol. The summed E-state index contributed by atoms with van der Waals surface area (Å²) in [6.07, 6.45) is 0.952. The van der Waals surface area contributed by atoms with Gasteiger partial charge in [0.05, 0.1) is 6.54 Å². The Bertz CT molecular complexity index is 533. The van der Waals surface area contributed by atoms with Crippen molar-refractivity contribution in [2.24, 2.45) is 5.41 Å². The third-order valence-corrected chi connectivity index (χ3v) is 4.13. The van der Waals surface area contributed by atoms with Gasteiger partial charge in [-0.2, -0.15) is 0 Å². The molecule has 1 heterocycles. The van der Waals surface area contributed by atoms with E-state index in [2.05, 4.69) is 36.3 Å². The highest BCUT2D eigenvalue weighted by Crippen LogP contribution is 2.22. The molecule has 1 aliphatic heterocycles. The fourth-order valence-corrected chi connectivity index (χ4v) is 2.80. The van der Waals surface area contributed by atoms with Crippen LogP contribution in [0.15, 0.2) is 24.3 Å². The normalized spacial score (nSPS) is 18.8. The Balaban J connectivity index is 0.00000288. The number of carbonyl (C=O) groups excluding carboxylic acids is 1. The number of hydrogen-bond acceptors (Lipinski definition) is 3. The van der Waals surface area contributed by atoms with Crippen molar-refractivity contribution in [3.63, 3.8) is 0 Å². The first-order valence-corrected chi connectivity index (χ1v) is 8.32. The molecule has 2 rings (SSSR count). The molecule has 1 amide bonds. The van der Waals surface area contributed by atoms with Crippen LogP contribution in [0.25, 0.3) is 0 Å². The van der Waals surface area contributed by atoms with Crippen molar-refractivity contribution in [3.05, 3.63) is 35.6 Å². The Morgan fingerprint density at radius 2 is 2.17 bits per heavy atom. The highest BCUT2D eigenvalue weighted by molar-refractivity contribution is 5.85. The minimum Gasteiger partial charge on any atom is -0.355 e. The predicted molar refractivity (Wildman–Crippen MR) is 97.9 cm³/mol. The first-order chi connectivity index (χ1) is 10.8. The summed E-state index contributed by atoms with van der Waals surface area (Å²) < 4.78 is 13.5. The number of hydrogen-bond donors (Lipinski definition) is 2. The Morgan fingerprint density at radius 1 is 1.42 bits per heavy atom. The maximum absolute atomic E-state index is 13.5. The minimum absolute atomic E-state index is 0. The van der Waals surface area contributed by atoms with E-state index in [9.17, 15) is 9.18 Å². The van der Waals surface area contributed by atoms with E-state index in [-0.39, 0.29) is 35.6 Å². The van der Waals surface area contributed by atoms with Crippen LogP contribution in [-0.2, 0) is 4.79 Å². The van der Waals surface area contributed by atoms with Crippen molar-refractivity contribution in [3.8, 4) is 0 Å². The standard InChI is InChI=1S/C18H28FN3O.ClH/c1-18(2,3)7-8-21-17(23)13-22-10-9-20-12-16(22)14-5-4-6-15(19)11-14;/h4-6,11,16,20H,7-10,12-13H2,1-3H3,(H,21,23);1H. The summed E-state index contributed by atoms with van der Waals surface area (Å²) >= 11 is 0. The molecule has 1 aromatic rings.